The number of nitrogens with zero attached hydrogens (tertiary/aromatic N) is 2. The monoisotopic (exact) mass is 515 g/mol. The number of likely N-dealkylation sites (tertiary alicyclic amines) is 1. The number of nitrogens with two attached hydrogens (primary N) is 1. The van der Waals surface area contributed by atoms with Crippen LogP contribution in [0.1, 0.15) is 54.4 Å². The van der Waals surface area contributed by atoms with Crippen molar-refractivity contribution in [2.24, 2.45) is 0 Å². The van der Waals surface area contributed by atoms with Gasteiger partial charge in [-0.2, -0.15) is 26.3 Å². The molecule has 3 nitrogen and oxygen atoms in total. The standard InChI is InChI=1S/C26H28F7N3/c1-15-3-4-18-11-22(27)13-23(34)24(18)36(15)16(2)14-35-7-5-17(6-8-35)19-9-20(25(28,29)30)12-21(10-19)26(31,32)33/h9-13,15,17H,2-8,14,34H2,1H3. The fraction of sp³-hybridized carbons (Fsp3) is 0.462. The molecule has 2 aromatic carbocycles. The van der Waals surface area contributed by atoms with Crippen molar-refractivity contribution < 1.29 is 30.7 Å². The topological polar surface area (TPSA) is 32.5 Å². The van der Waals surface area contributed by atoms with E-state index >= 15 is 0 Å². The van der Waals surface area contributed by atoms with Crippen molar-refractivity contribution in [3.63, 3.8) is 0 Å². The summed E-state index contributed by atoms with van der Waals surface area (Å²) in [5, 5.41) is 0. The molecule has 10 heteroatoms. The molecular formula is C26H28F7N3. The number of fused-ring (bicyclic) bond motifs is 1. The molecule has 4 rings (SSSR count). The van der Waals surface area contributed by atoms with Crippen molar-refractivity contribution in [2.45, 2.75) is 56.9 Å². The summed E-state index contributed by atoms with van der Waals surface area (Å²) in [6.07, 6.45) is -7.38. The third-order valence-corrected chi connectivity index (χ3v) is 7.11. The van der Waals surface area contributed by atoms with E-state index in [1.807, 2.05) is 11.8 Å². The van der Waals surface area contributed by atoms with Gasteiger partial charge in [0.1, 0.15) is 5.82 Å². The Bertz CT molecular complexity index is 1100. The normalized spacial score (nSPS) is 19.9. The first-order valence-electron chi connectivity index (χ1n) is 11.8. The number of alkyl halides is 6. The van der Waals surface area contributed by atoms with E-state index in [0.717, 1.165) is 35.5 Å². The summed E-state index contributed by atoms with van der Waals surface area (Å²) in [5.41, 5.74) is 6.29. The van der Waals surface area contributed by atoms with Gasteiger partial charge in [0, 0.05) is 18.3 Å². The zero-order chi connectivity index (χ0) is 26.4. The Morgan fingerprint density at radius 3 is 2.08 bits per heavy atom. The first-order chi connectivity index (χ1) is 16.7. The number of anilines is 2. The van der Waals surface area contributed by atoms with Crippen LogP contribution in [0, 0.1) is 5.82 Å². The fourth-order valence-electron chi connectivity index (χ4n) is 5.32. The van der Waals surface area contributed by atoms with Crippen LogP contribution in [0.4, 0.5) is 42.1 Å². The highest BCUT2D eigenvalue weighted by atomic mass is 19.4. The Balaban J connectivity index is 1.47. The summed E-state index contributed by atoms with van der Waals surface area (Å²) in [5.74, 6) is -0.803. The lowest BCUT2D eigenvalue weighted by Gasteiger charge is -2.41. The van der Waals surface area contributed by atoms with Gasteiger partial charge < -0.3 is 10.6 Å². The van der Waals surface area contributed by atoms with Crippen LogP contribution in [0.25, 0.3) is 0 Å². The van der Waals surface area contributed by atoms with Crippen molar-refractivity contribution in [3.05, 3.63) is 70.7 Å². The second-order valence-electron chi connectivity index (χ2n) is 9.72. The maximum Gasteiger partial charge on any atom is 0.416 e. The molecule has 2 aromatic rings. The maximum atomic E-state index is 13.9. The fourth-order valence-corrected chi connectivity index (χ4v) is 5.32. The molecule has 0 amide bonds. The Hall–Kier alpha value is -2.75. The van der Waals surface area contributed by atoms with Crippen molar-refractivity contribution in [3.8, 4) is 0 Å². The van der Waals surface area contributed by atoms with Crippen LogP contribution >= 0.6 is 0 Å². The molecule has 1 atom stereocenters. The summed E-state index contributed by atoms with van der Waals surface area (Å²) < 4.78 is 93.4. The number of nitrogen functional groups attached to an aromatic ring is 1. The lowest BCUT2D eigenvalue weighted by atomic mass is 9.87. The molecule has 2 aliphatic heterocycles. The summed E-state index contributed by atoms with van der Waals surface area (Å²) in [7, 11) is 0. The Labute approximate surface area is 205 Å². The van der Waals surface area contributed by atoms with Crippen LogP contribution in [0.3, 0.4) is 0 Å². The minimum atomic E-state index is -4.86. The van der Waals surface area contributed by atoms with E-state index in [1.165, 1.54) is 12.1 Å². The maximum absolute atomic E-state index is 13.9. The molecule has 0 radical (unpaired) electrons. The lowest BCUT2D eigenvalue weighted by molar-refractivity contribution is -0.143. The molecule has 2 aliphatic rings. The zero-order valence-electron chi connectivity index (χ0n) is 19.8. The number of benzene rings is 2. The predicted molar refractivity (Wildman–Crippen MR) is 125 cm³/mol. The lowest BCUT2D eigenvalue weighted by Crippen LogP contribution is -2.42. The van der Waals surface area contributed by atoms with Crippen molar-refractivity contribution in [1.82, 2.24) is 4.90 Å². The van der Waals surface area contributed by atoms with Crippen LogP contribution in [-0.2, 0) is 18.8 Å². The smallest absolute Gasteiger partial charge is 0.397 e. The summed E-state index contributed by atoms with van der Waals surface area (Å²) >= 11 is 0. The van der Waals surface area contributed by atoms with Crippen molar-refractivity contribution in [2.75, 3.05) is 30.3 Å². The van der Waals surface area contributed by atoms with Gasteiger partial charge >= 0.3 is 12.4 Å². The van der Waals surface area contributed by atoms with E-state index in [-0.39, 0.29) is 17.7 Å². The number of piperidine rings is 1. The minimum Gasteiger partial charge on any atom is -0.397 e. The third-order valence-electron chi connectivity index (χ3n) is 7.11. The van der Waals surface area contributed by atoms with Gasteiger partial charge in [-0.05, 0) is 93.1 Å². The number of hydrogen-bond donors (Lipinski definition) is 1. The summed E-state index contributed by atoms with van der Waals surface area (Å²) in [6, 6.07) is 4.70. The summed E-state index contributed by atoms with van der Waals surface area (Å²) in [4.78, 5) is 4.10. The van der Waals surface area contributed by atoms with E-state index in [1.54, 1.807) is 0 Å². The zero-order valence-corrected chi connectivity index (χ0v) is 19.8. The number of rotatable bonds is 4. The molecule has 196 valence electrons. The second-order valence-corrected chi connectivity index (χ2v) is 9.72. The van der Waals surface area contributed by atoms with Crippen LogP contribution < -0.4 is 10.6 Å². The Morgan fingerprint density at radius 2 is 1.53 bits per heavy atom. The molecule has 36 heavy (non-hydrogen) atoms. The summed E-state index contributed by atoms with van der Waals surface area (Å²) in [6.45, 7) is 7.71. The van der Waals surface area contributed by atoms with E-state index in [0.29, 0.717) is 44.6 Å². The third kappa shape index (κ3) is 5.48. The average molecular weight is 516 g/mol. The van der Waals surface area contributed by atoms with Gasteiger partial charge in [0.05, 0.1) is 22.5 Å². The Morgan fingerprint density at radius 1 is 0.944 bits per heavy atom. The molecule has 1 fully saturated rings. The average Bonchev–Trinajstić information content (AvgIpc) is 2.78. The van der Waals surface area contributed by atoms with Gasteiger partial charge in [-0.3, -0.25) is 4.90 Å². The van der Waals surface area contributed by atoms with Crippen LogP contribution in [0.5, 0.6) is 0 Å². The Kier molecular flexibility index (Phi) is 7.02. The quantitative estimate of drug-likeness (QED) is 0.352. The minimum absolute atomic E-state index is 0.0593. The number of hydrogen-bond acceptors (Lipinski definition) is 3. The molecule has 2 N–H and O–H groups in total. The van der Waals surface area contributed by atoms with Gasteiger partial charge in [-0.25, -0.2) is 4.39 Å². The van der Waals surface area contributed by atoms with Gasteiger partial charge in [0.2, 0.25) is 0 Å². The molecule has 1 saturated heterocycles. The number of halogens is 7. The van der Waals surface area contributed by atoms with Gasteiger partial charge in [0.15, 0.2) is 0 Å². The molecule has 0 spiro atoms. The van der Waals surface area contributed by atoms with Crippen LogP contribution in [-0.4, -0.2) is 30.6 Å². The highest BCUT2D eigenvalue weighted by Crippen LogP contribution is 2.41. The highest BCUT2D eigenvalue weighted by Gasteiger charge is 2.38. The van der Waals surface area contributed by atoms with Gasteiger partial charge in [-0.1, -0.05) is 6.58 Å². The van der Waals surface area contributed by atoms with Gasteiger partial charge in [0.25, 0.3) is 0 Å². The van der Waals surface area contributed by atoms with Crippen molar-refractivity contribution >= 4 is 11.4 Å². The first-order valence-corrected chi connectivity index (χ1v) is 11.8. The van der Waals surface area contributed by atoms with E-state index < -0.39 is 35.2 Å². The first kappa shape index (κ1) is 26.3. The molecular weight excluding hydrogens is 487 g/mol. The molecule has 2 heterocycles. The molecule has 0 aromatic heterocycles. The van der Waals surface area contributed by atoms with Crippen LogP contribution in [0.2, 0.25) is 0 Å². The van der Waals surface area contributed by atoms with Crippen molar-refractivity contribution in [1.29, 1.82) is 0 Å². The number of aryl methyl sites for hydroxylation is 1. The molecule has 1 unspecified atom stereocenters. The molecule has 0 aliphatic carbocycles. The van der Waals surface area contributed by atoms with Gasteiger partial charge in [-0.15, -0.1) is 0 Å². The van der Waals surface area contributed by atoms with E-state index in [4.69, 9.17) is 5.73 Å². The molecule has 0 saturated carbocycles. The second kappa shape index (κ2) is 9.61. The highest BCUT2D eigenvalue weighted by molar-refractivity contribution is 5.75. The van der Waals surface area contributed by atoms with E-state index in [9.17, 15) is 30.7 Å². The van der Waals surface area contributed by atoms with Crippen LogP contribution in [0.15, 0.2) is 42.6 Å². The SMILES string of the molecule is C=C(CN1CCC(c2cc(C(F)(F)F)cc(C(F)(F)F)c2)CC1)N1c2c(N)cc(F)cc2CCC1C. The molecule has 0 bridgehead atoms. The largest absolute Gasteiger partial charge is 0.416 e. The predicted octanol–water partition coefficient (Wildman–Crippen LogP) is 6.98. The van der Waals surface area contributed by atoms with E-state index in [2.05, 4.69) is 11.5 Å².